The van der Waals surface area contributed by atoms with Crippen LogP contribution < -0.4 is 9.47 Å². The predicted octanol–water partition coefficient (Wildman–Crippen LogP) is 7.76. The quantitative estimate of drug-likeness (QED) is 0.215. The number of hydrogen-bond donors (Lipinski definition) is 0. The summed E-state index contributed by atoms with van der Waals surface area (Å²) in [5.74, 6) is 0.806. The van der Waals surface area contributed by atoms with Gasteiger partial charge in [0, 0.05) is 24.2 Å². The fraction of sp³-hybridized carbons (Fsp3) is 0.308. The van der Waals surface area contributed by atoms with Gasteiger partial charge in [0.05, 0.1) is 17.2 Å². The highest BCUT2D eigenvalue weighted by Gasteiger charge is 2.28. The first kappa shape index (κ1) is 24.0. The Morgan fingerprint density at radius 3 is 2.64 bits per heavy atom. The van der Waals surface area contributed by atoms with Gasteiger partial charge in [0.1, 0.15) is 6.10 Å². The average Bonchev–Trinajstić information content (AvgIpc) is 3.18. The first-order chi connectivity index (χ1) is 15.8. The Morgan fingerprint density at radius 2 is 1.88 bits per heavy atom. The Morgan fingerprint density at radius 1 is 1.12 bits per heavy atom. The molecule has 33 heavy (non-hydrogen) atoms. The van der Waals surface area contributed by atoms with Crippen LogP contribution in [0, 0.1) is 0 Å². The van der Waals surface area contributed by atoms with E-state index < -0.39 is 8.07 Å². The second-order valence-electron chi connectivity index (χ2n) is 9.44. The van der Waals surface area contributed by atoms with Gasteiger partial charge >= 0.3 is 0 Å². The second-order valence-corrected chi connectivity index (χ2v) is 16.3. The number of ether oxygens (including phenoxy) is 2. The monoisotopic (exact) mass is 543 g/mol. The van der Waals surface area contributed by atoms with Gasteiger partial charge in [0.15, 0.2) is 6.29 Å². The molecule has 0 spiro atoms. The van der Waals surface area contributed by atoms with E-state index in [2.05, 4.69) is 52.7 Å². The third kappa shape index (κ3) is 5.50. The minimum absolute atomic E-state index is 0.115. The number of hydrogen-bond acceptors (Lipinski definition) is 4. The molecule has 0 aliphatic heterocycles. The highest BCUT2D eigenvalue weighted by atomic mass is 79.9. The second kappa shape index (κ2) is 10.00. The normalized spacial score (nSPS) is 15.2. The van der Waals surface area contributed by atoms with E-state index in [0.29, 0.717) is 29.0 Å². The topological polar surface area (TPSA) is 48.4 Å². The van der Waals surface area contributed by atoms with Crippen LogP contribution in [-0.4, -0.2) is 26.0 Å². The fourth-order valence-corrected chi connectivity index (χ4v) is 5.32. The fourth-order valence-electron chi connectivity index (χ4n) is 4.01. The number of carbonyl (C=O) groups excluding carboxylic acids is 1. The molecule has 1 aliphatic carbocycles. The summed E-state index contributed by atoms with van der Waals surface area (Å²) in [6, 6.07) is 16.7. The van der Waals surface area contributed by atoms with Crippen molar-refractivity contribution >= 4 is 41.9 Å². The Labute approximate surface area is 209 Å². The Hall–Kier alpha value is -2.15. The van der Waals surface area contributed by atoms with E-state index in [9.17, 15) is 4.79 Å². The smallest absolute Gasteiger partial charge is 0.227 e. The average molecular weight is 545 g/mol. The lowest BCUT2D eigenvalue weighted by atomic mass is 9.96. The highest BCUT2D eigenvalue weighted by molar-refractivity contribution is 9.10. The van der Waals surface area contributed by atoms with Crippen molar-refractivity contribution in [2.24, 2.45) is 0 Å². The van der Waals surface area contributed by atoms with Gasteiger partial charge in [0.25, 0.3) is 0 Å². The molecule has 0 amide bonds. The molecule has 1 heterocycles. The summed E-state index contributed by atoms with van der Waals surface area (Å²) < 4.78 is 13.0. The number of aldehydes is 1. The third-order valence-electron chi connectivity index (χ3n) is 5.80. The molecular weight excluding hydrogens is 518 g/mol. The molecule has 3 aromatic rings. The standard InChI is InChI=1S/C26H27BrClNO3Si/c1-33(2,3)15-14-31-26-17(16-30)10-13-24(29-26)32-23-12-11-19-18(6-4-7-20(19)23)21-8-5-9-22(27)25(21)28/h4-10,13,16,23H,11-12,14-15H2,1-3H3. The van der Waals surface area contributed by atoms with E-state index in [1.165, 1.54) is 5.56 Å². The molecule has 0 N–H and O–H groups in total. The number of fused-ring (bicyclic) bond motifs is 1. The zero-order valence-electron chi connectivity index (χ0n) is 19.0. The largest absolute Gasteiger partial charge is 0.477 e. The van der Waals surface area contributed by atoms with Crippen molar-refractivity contribution in [3.8, 4) is 22.9 Å². The molecule has 0 fully saturated rings. The number of halogens is 2. The number of rotatable bonds is 8. The molecular formula is C26H27BrClNO3Si. The van der Waals surface area contributed by atoms with Gasteiger partial charge < -0.3 is 9.47 Å². The molecule has 1 unspecified atom stereocenters. The van der Waals surface area contributed by atoms with E-state index in [-0.39, 0.29) is 6.10 Å². The molecule has 1 atom stereocenters. The van der Waals surface area contributed by atoms with Crippen molar-refractivity contribution in [1.29, 1.82) is 0 Å². The van der Waals surface area contributed by atoms with Gasteiger partial charge in [-0.1, -0.05) is 61.6 Å². The molecule has 4 nitrogen and oxygen atoms in total. The van der Waals surface area contributed by atoms with Gasteiger partial charge in [-0.25, -0.2) is 0 Å². The van der Waals surface area contributed by atoms with Crippen molar-refractivity contribution in [1.82, 2.24) is 4.98 Å². The van der Waals surface area contributed by atoms with Crippen LogP contribution >= 0.6 is 27.5 Å². The zero-order chi connectivity index (χ0) is 23.6. The van der Waals surface area contributed by atoms with Crippen molar-refractivity contribution < 1.29 is 14.3 Å². The lowest BCUT2D eigenvalue weighted by Gasteiger charge is -2.18. The summed E-state index contributed by atoms with van der Waals surface area (Å²) in [4.78, 5) is 16.0. The minimum Gasteiger partial charge on any atom is -0.477 e. The van der Waals surface area contributed by atoms with Gasteiger partial charge in [-0.3, -0.25) is 4.79 Å². The van der Waals surface area contributed by atoms with Crippen molar-refractivity contribution in [2.75, 3.05) is 6.61 Å². The van der Waals surface area contributed by atoms with Gasteiger partial charge in [-0.2, -0.15) is 4.98 Å². The SMILES string of the molecule is C[Si](C)(C)CCOc1nc(OC2CCc3c(-c4cccc(Br)c4Cl)cccc32)ccc1C=O. The van der Waals surface area contributed by atoms with Crippen LogP contribution in [0.1, 0.15) is 34.0 Å². The van der Waals surface area contributed by atoms with E-state index in [4.69, 9.17) is 21.1 Å². The molecule has 0 saturated heterocycles. The number of aromatic nitrogens is 1. The number of benzene rings is 2. The van der Waals surface area contributed by atoms with Crippen LogP contribution in [0.5, 0.6) is 11.8 Å². The van der Waals surface area contributed by atoms with Gasteiger partial charge in [0.2, 0.25) is 11.8 Å². The zero-order valence-corrected chi connectivity index (χ0v) is 22.4. The molecule has 2 aromatic carbocycles. The van der Waals surface area contributed by atoms with Crippen LogP contribution in [0.25, 0.3) is 11.1 Å². The third-order valence-corrected chi connectivity index (χ3v) is 8.80. The van der Waals surface area contributed by atoms with E-state index in [1.54, 1.807) is 12.1 Å². The van der Waals surface area contributed by atoms with Gasteiger partial charge in [-0.15, -0.1) is 0 Å². The Kier molecular flexibility index (Phi) is 7.27. The lowest BCUT2D eigenvalue weighted by molar-refractivity contribution is 0.111. The van der Waals surface area contributed by atoms with E-state index in [1.807, 2.05) is 24.3 Å². The van der Waals surface area contributed by atoms with Crippen LogP contribution in [0.3, 0.4) is 0 Å². The maximum Gasteiger partial charge on any atom is 0.227 e. The van der Waals surface area contributed by atoms with Crippen molar-refractivity contribution in [3.63, 3.8) is 0 Å². The van der Waals surface area contributed by atoms with E-state index in [0.717, 1.165) is 46.3 Å². The number of carbonyl (C=O) groups is 1. The molecule has 0 saturated carbocycles. The van der Waals surface area contributed by atoms with Crippen LogP contribution in [0.15, 0.2) is 53.0 Å². The maximum absolute atomic E-state index is 11.5. The summed E-state index contributed by atoms with van der Waals surface area (Å²) in [5.41, 5.74) is 4.97. The molecule has 0 radical (unpaired) electrons. The Bertz CT molecular complexity index is 1180. The van der Waals surface area contributed by atoms with E-state index >= 15 is 0 Å². The van der Waals surface area contributed by atoms with Crippen LogP contribution in [0.4, 0.5) is 0 Å². The summed E-state index contributed by atoms with van der Waals surface area (Å²) >= 11 is 10.1. The first-order valence-electron chi connectivity index (χ1n) is 11.1. The molecule has 0 bridgehead atoms. The minimum atomic E-state index is -1.25. The van der Waals surface area contributed by atoms with Gasteiger partial charge in [-0.05, 0) is 63.6 Å². The number of nitrogens with zero attached hydrogens (tertiary/aromatic N) is 1. The summed E-state index contributed by atoms with van der Waals surface area (Å²) in [5, 5.41) is 0.710. The van der Waals surface area contributed by atoms with Crippen LogP contribution in [-0.2, 0) is 6.42 Å². The molecule has 172 valence electrons. The Balaban J connectivity index is 1.57. The molecule has 4 rings (SSSR count). The molecule has 7 heteroatoms. The predicted molar refractivity (Wildman–Crippen MR) is 140 cm³/mol. The summed E-state index contributed by atoms with van der Waals surface area (Å²) in [6.45, 7) is 7.42. The van der Waals surface area contributed by atoms with Crippen LogP contribution in [0.2, 0.25) is 30.7 Å². The summed E-state index contributed by atoms with van der Waals surface area (Å²) in [6.07, 6.45) is 2.40. The highest BCUT2D eigenvalue weighted by Crippen LogP contribution is 2.43. The molecule has 1 aliphatic rings. The maximum atomic E-state index is 11.5. The number of pyridine rings is 1. The first-order valence-corrected chi connectivity index (χ1v) is 16.0. The van der Waals surface area contributed by atoms with Crippen molar-refractivity contribution in [2.45, 2.75) is 44.6 Å². The molecule has 1 aromatic heterocycles. The lowest BCUT2D eigenvalue weighted by Crippen LogP contribution is -2.22. The van der Waals surface area contributed by atoms with Crippen molar-refractivity contribution in [3.05, 3.63) is 74.7 Å². The summed E-state index contributed by atoms with van der Waals surface area (Å²) in [7, 11) is -1.25.